The van der Waals surface area contributed by atoms with Crippen LogP contribution in [0.2, 0.25) is 0 Å². The highest BCUT2D eigenvalue weighted by Crippen LogP contribution is 2.43. The number of hydrogen-bond acceptors (Lipinski definition) is 14. The van der Waals surface area contributed by atoms with Crippen LogP contribution in [0.1, 0.15) is 35.4 Å². The van der Waals surface area contributed by atoms with Crippen molar-refractivity contribution in [1.82, 2.24) is 0 Å². The zero-order valence-electron chi connectivity index (χ0n) is 21.8. The number of Topliss-reactive ketones (excluding diaryl/α,β-unsaturated/α-hetero) is 1. The Morgan fingerprint density at radius 1 is 0.878 bits per heavy atom. The van der Waals surface area contributed by atoms with Gasteiger partial charge in [-0.25, -0.2) is 0 Å². The summed E-state index contributed by atoms with van der Waals surface area (Å²) in [6, 6.07) is 8.50. The molecule has 0 amide bonds. The first-order valence-corrected chi connectivity index (χ1v) is 13.0. The van der Waals surface area contributed by atoms with E-state index in [4.69, 9.17) is 23.7 Å². The Bertz CT molecular complexity index is 1240. The van der Waals surface area contributed by atoms with Gasteiger partial charge in [-0.2, -0.15) is 0 Å². The highest BCUT2D eigenvalue weighted by atomic mass is 16.8. The van der Waals surface area contributed by atoms with E-state index in [1.165, 1.54) is 25.1 Å². The standard InChI is InChI=1S/C27H32O14/c1-10-20(32)22(34)24(36)26(37-10)41-25-23(35)21(33)18(9-28)40-27(25)38-13-6-14(30)19-15(31)8-16(39-17(19)7-13)11-2-4-12(29)5-3-11/h2-7,10,16,18,20-30,32-36H,8-9H2,1H3/t10-,16?,18-,20-,21-,22-,23?,24-,25-,26+,27-/m1/s1. The Balaban J connectivity index is 1.41. The van der Waals surface area contributed by atoms with Crippen LogP contribution in [0.25, 0.3) is 0 Å². The average molecular weight is 581 g/mol. The fraction of sp³-hybridized carbons (Fsp3) is 0.519. The fourth-order valence-corrected chi connectivity index (χ4v) is 5.07. The lowest BCUT2D eigenvalue weighted by molar-refractivity contribution is -0.354. The second-order valence-electron chi connectivity index (χ2n) is 10.2. The first-order chi connectivity index (χ1) is 19.5. The second-order valence-corrected chi connectivity index (χ2v) is 10.2. The van der Waals surface area contributed by atoms with E-state index in [0.29, 0.717) is 5.56 Å². The molecule has 11 atom stereocenters. The van der Waals surface area contributed by atoms with Crippen molar-refractivity contribution in [3.05, 3.63) is 47.5 Å². The number of fused-ring (bicyclic) bond motifs is 1. The minimum absolute atomic E-state index is 0.0149. The number of aliphatic hydroxyl groups is 6. The topological polar surface area (TPSA) is 225 Å². The maximum absolute atomic E-state index is 12.9. The lowest BCUT2D eigenvalue weighted by Gasteiger charge is -2.45. The molecule has 224 valence electrons. The van der Waals surface area contributed by atoms with Gasteiger partial charge < -0.3 is 64.5 Å². The molecule has 2 aromatic rings. The number of carbonyl (C=O) groups excluding carboxylic acids is 1. The summed E-state index contributed by atoms with van der Waals surface area (Å²) in [5.41, 5.74) is 0.529. The predicted molar refractivity (Wildman–Crippen MR) is 134 cm³/mol. The highest BCUT2D eigenvalue weighted by molar-refractivity contribution is 6.02. The van der Waals surface area contributed by atoms with E-state index in [1.807, 2.05) is 0 Å². The highest BCUT2D eigenvalue weighted by Gasteiger charge is 2.51. The van der Waals surface area contributed by atoms with Crippen LogP contribution in [0.5, 0.6) is 23.0 Å². The molecule has 0 radical (unpaired) electrons. The smallest absolute Gasteiger partial charge is 0.229 e. The summed E-state index contributed by atoms with van der Waals surface area (Å²) < 4.78 is 28.6. The Kier molecular flexibility index (Phi) is 8.39. The lowest BCUT2D eigenvalue weighted by atomic mass is 9.95. The molecule has 14 nitrogen and oxygen atoms in total. The first kappa shape index (κ1) is 29.4. The van der Waals surface area contributed by atoms with Crippen LogP contribution >= 0.6 is 0 Å². The SMILES string of the molecule is C[C@H]1O[C@@H](O[C@@H]2C(O)[C@H](O)[C@@H](CO)O[C@H]2Oc2cc(O)c3c(c2)OC(c2ccc(O)cc2)CC3=O)[C@H](O)[C@H](O)[C@@H]1O. The number of rotatable bonds is 6. The van der Waals surface area contributed by atoms with Crippen LogP contribution in [0.3, 0.4) is 0 Å². The summed E-state index contributed by atoms with van der Waals surface area (Å²) in [5.74, 6) is -0.947. The van der Waals surface area contributed by atoms with Gasteiger partial charge in [0.15, 0.2) is 18.2 Å². The molecule has 2 fully saturated rings. The number of ether oxygens (including phenoxy) is 5. The maximum Gasteiger partial charge on any atom is 0.229 e. The summed E-state index contributed by atoms with van der Waals surface area (Å²) >= 11 is 0. The maximum atomic E-state index is 12.9. The molecular weight excluding hydrogens is 548 g/mol. The van der Waals surface area contributed by atoms with Crippen LogP contribution in [0, 0.1) is 0 Å². The van der Waals surface area contributed by atoms with Crippen molar-refractivity contribution in [3.8, 4) is 23.0 Å². The van der Waals surface area contributed by atoms with Crippen LogP contribution in [-0.4, -0.2) is 115 Å². The van der Waals surface area contributed by atoms with Crippen molar-refractivity contribution in [2.45, 2.75) is 80.9 Å². The Labute approximate surface area is 233 Å². The van der Waals surface area contributed by atoms with Crippen molar-refractivity contribution in [3.63, 3.8) is 0 Å². The molecule has 3 heterocycles. The van der Waals surface area contributed by atoms with E-state index in [-0.39, 0.29) is 29.2 Å². The van der Waals surface area contributed by atoms with E-state index < -0.39 is 85.7 Å². The zero-order chi connectivity index (χ0) is 29.6. The third-order valence-corrected chi connectivity index (χ3v) is 7.42. The molecule has 0 saturated carbocycles. The lowest BCUT2D eigenvalue weighted by Crippen LogP contribution is -2.64. The number of aliphatic hydroxyl groups excluding tert-OH is 6. The summed E-state index contributed by atoms with van der Waals surface area (Å²) in [7, 11) is 0. The van der Waals surface area contributed by atoms with Gasteiger partial charge in [0, 0.05) is 12.1 Å². The van der Waals surface area contributed by atoms with E-state index >= 15 is 0 Å². The molecule has 0 aliphatic carbocycles. The molecule has 0 spiro atoms. The number of phenolic OH excluding ortho intramolecular Hbond substituents is 2. The third-order valence-electron chi connectivity index (χ3n) is 7.42. The number of phenols is 2. The van der Waals surface area contributed by atoms with E-state index in [9.17, 15) is 45.6 Å². The summed E-state index contributed by atoms with van der Waals surface area (Å²) in [6.07, 6.45) is -16.0. The van der Waals surface area contributed by atoms with Crippen LogP contribution in [-0.2, 0) is 14.2 Å². The zero-order valence-corrected chi connectivity index (χ0v) is 21.8. The molecule has 0 bridgehead atoms. The van der Waals surface area contributed by atoms with Crippen molar-refractivity contribution >= 4 is 5.78 Å². The van der Waals surface area contributed by atoms with Gasteiger partial charge in [0.25, 0.3) is 0 Å². The Morgan fingerprint density at radius 2 is 1.59 bits per heavy atom. The molecule has 0 aromatic heterocycles. The molecule has 2 unspecified atom stereocenters. The van der Waals surface area contributed by atoms with Crippen LogP contribution < -0.4 is 9.47 Å². The van der Waals surface area contributed by atoms with E-state index in [2.05, 4.69) is 0 Å². The largest absolute Gasteiger partial charge is 0.508 e. The molecule has 41 heavy (non-hydrogen) atoms. The van der Waals surface area contributed by atoms with Gasteiger partial charge in [-0.1, -0.05) is 12.1 Å². The van der Waals surface area contributed by atoms with Gasteiger partial charge in [0.05, 0.1) is 19.1 Å². The molecule has 14 heteroatoms. The van der Waals surface area contributed by atoms with E-state index in [0.717, 1.165) is 6.07 Å². The first-order valence-electron chi connectivity index (χ1n) is 13.0. The number of aromatic hydroxyl groups is 2. The Morgan fingerprint density at radius 3 is 2.27 bits per heavy atom. The monoisotopic (exact) mass is 580 g/mol. The summed E-state index contributed by atoms with van der Waals surface area (Å²) in [5, 5.41) is 81.6. The summed E-state index contributed by atoms with van der Waals surface area (Å²) in [6.45, 7) is 0.716. The molecular formula is C27H32O14. The van der Waals surface area contributed by atoms with Crippen molar-refractivity contribution in [2.24, 2.45) is 0 Å². The Hall–Kier alpha value is -3.05. The van der Waals surface area contributed by atoms with Gasteiger partial charge in [0.2, 0.25) is 6.29 Å². The van der Waals surface area contributed by atoms with Crippen LogP contribution in [0.4, 0.5) is 0 Å². The fourth-order valence-electron chi connectivity index (χ4n) is 5.07. The van der Waals surface area contributed by atoms with Gasteiger partial charge in [-0.05, 0) is 24.6 Å². The molecule has 3 aliphatic heterocycles. The number of ketones is 1. The van der Waals surface area contributed by atoms with Gasteiger partial charge in [0.1, 0.15) is 71.3 Å². The van der Waals surface area contributed by atoms with E-state index in [1.54, 1.807) is 12.1 Å². The minimum Gasteiger partial charge on any atom is -0.508 e. The molecule has 8 N–H and O–H groups in total. The normalized spacial score (nSPS) is 37.2. The summed E-state index contributed by atoms with van der Waals surface area (Å²) in [4.78, 5) is 12.9. The number of carbonyl (C=O) groups is 1. The average Bonchev–Trinajstić information content (AvgIpc) is 2.94. The molecule has 2 saturated heterocycles. The predicted octanol–water partition coefficient (Wildman–Crippen LogP) is -1.17. The van der Waals surface area contributed by atoms with Crippen molar-refractivity contribution < 1.29 is 69.3 Å². The number of benzene rings is 2. The molecule has 2 aromatic carbocycles. The minimum atomic E-state index is -1.75. The van der Waals surface area contributed by atoms with Crippen molar-refractivity contribution in [2.75, 3.05) is 6.61 Å². The van der Waals surface area contributed by atoms with Crippen LogP contribution in [0.15, 0.2) is 36.4 Å². The molecule has 5 rings (SSSR count). The quantitative estimate of drug-likeness (QED) is 0.202. The van der Waals surface area contributed by atoms with Gasteiger partial charge >= 0.3 is 0 Å². The van der Waals surface area contributed by atoms with Crippen molar-refractivity contribution in [1.29, 1.82) is 0 Å². The number of hydrogen-bond donors (Lipinski definition) is 8. The molecule has 3 aliphatic rings. The third kappa shape index (κ3) is 5.70. The second kappa shape index (κ2) is 11.7. The van der Waals surface area contributed by atoms with Gasteiger partial charge in [-0.15, -0.1) is 0 Å². The van der Waals surface area contributed by atoms with Gasteiger partial charge in [-0.3, -0.25) is 4.79 Å².